The highest BCUT2D eigenvalue weighted by Crippen LogP contribution is 2.05. The van der Waals surface area contributed by atoms with Crippen LogP contribution in [-0.4, -0.2) is 15.1 Å². The van der Waals surface area contributed by atoms with E-state index in [1.807, 2.05) is 20.8 Å². The monoisotopic (exact) mass is 249 g/mol. The zero-order valence-corrected chi connectivity index (χ0v) is 10.9. The molecule has 0 saturated heterocycles. The number of hydrogen-bond acceptors (Lipinski definition) is 4. The lowest BCUT2D eigenvalue weighted by atomic mass is 10.3. The van der Waals surface area contributed by atoms with E-state index in [2.05, 4.69) is 28.4 Å². The standard InChI is InChI=1S/C11H13N3O2.C2H6/c1-7(2)4-5-8(3)12-11-13-9(15)6-10(16)14-11;1-2/h4-6H,1,3H2,2H3,(H3,12,13,14,15,16);1-2H3/b5-4-;. The normalized spacial score (nSPS) is 9.50. The molecule has 5 heteroatoms. The molecule has 0 amide bonds. The molecule has 0 spiro atoms. The molecule has 0 unspecified atom stereocenters. The summed E-state index contributed by atoms with van der Waals surface area (Å²) in [6.45, 7) is 13.2. The van der Waals surface area contributed by atoms with Gasteiger partial charge in [0.05, 0.1) is 6.07 Å². The Bertz CT molecular complexity index is 501. The van der Waals surface area contributed by atoms with E-state index in [0.29, 0.717) is 5.70 Å². The van der Waals surface area contributed by atoms with Crippen molar-refractivity contribution in [2.75, 3.05) is 5.32 Å². The maximum absolute atomic E-state index is 11.0. The van der Waals surface area contributed by atoms with Crippen molar-refractivity contribution in [2.45, 2.75) is 20.8 Å². The summed E-state index contributed by atoms with van der Waals surface area (Å²) in [6.07, 6.45) is 3.45. The second-order valence-electron chi connectivity index (χ2n) is 3.28. The molecule has 1 aromatic rings. The average Bonchev–Trinajstić information content (AvgIpc) is 2.27. The molecule has 1 heterocycles. The van der Waals surface area contributed by atoms with E-state index in [0.717, 1.165) is 11.6 Å². The lowest BCUT2D eigenvalue weighted by Gasteiger charge is -2.04. The Morgan fingerprint density at radius 3 is 2.56 bits per heavy atom. The molecule has 18 heavy (non-hydrogen) atoms. The van der Waals surface area contributed by atoms with Crippen LogP contribution < -0.4 is 10.9 Å². The fourth-order valence-corrected chi connectivity index (χ4v) is 0.941. The highest BCUT2D eigenvalue weighted by Gasteiger charge is 1.98. The molecule has 1 aromatic heterocycles. The van der Waals surface area contributed by atoms with Crippen LogP contribution in [0.15, 0.2) is 47.4 Å². The minimum atomic E-state index is -0.438. The van der Waals surface area contributed by atoms with Gasteiger partial charge in [-0.2, -0.15) is 4.98 Å². The number of anilines is 1. The first-order valence-corrected chi connectivity index (χ1v) is 5.57. The zero-order chi connectivity index (χ0) is 14.1. The van der Waals surface area contributed by atoms with Crippen molar-refractivity contribution in [3.05, 3.63) is 53.0 Å². The van der Waals surface area contributed by atoms with E-state index in [-0.39, 0.29) is 11.8 Å². The quantitative estimate of drug-likeness (QED) is 0.717. The molecule has 0 aliphatic rings. The Hall–Kier alpha value is -2.30. The summed E-state index contributed by atoms with van der Waals surface area (Å²) in [5.41, 5.74) is 0.962. The van der Waals surface area contributed by atoms with Crippen molar-refractivity contribution in [2.24, 2.45) is 0 Å². The molecular formula is C13H19N3O2. The van der Waals surface area contributed by atoms with Crippen LogP contribution in [-0.2, 0) is 0 Å². The molecule has 3 N–H and O–H groups in total. The van der Waals surface area contributed by atoms with Crippen molar-refractivity contribution >= 4 is 5.95 Å². The highest BCUT2D eigenvalue weighted by atomic mass is 16.3. The van der Waals surface area contributed by atoms with Crippen molar-refractivity contribution in [1.82, 2.24) is 9.97 Å². The van der Waals surface area contributed by atoms with E-state index in [1.165, 1.54) is 0 Å². The number of aromatic hydroxyl groups is 1. The summed E-state index contributed by atoms with van der Waals surface area (Å²) in [7, 11) is 0. The average molecular weight is 249 g/mol. The summed E-state index contributed by atoms with van der Waals surface area (Å²) >= 11 is 0. The van der Waals surface area contributed by atoms with E-state index < -0.39 is 5.56 Å². The van der Waals surface area contributed by atoms with E-state index >= 15 is 0 Å². The van der Waals surface area contributed by atoms with Crippen LogP contribution in [0, 0.1) is 0 Å². The molecule has 0 fully saturated rings. The summed E-state index contributed by atoms with van der Waals surface area (Å²) in [5, 5.41) is 11.8. The molecule has 0 radical (unpaired) electrons. The largest absolute Gasteiger partial charge is 0.493 e. The molecule has 0 atom stereocenters. The van der Waals surface area contributed by atoms with E-state index in [1.54, 1.807) is 12.2 Å². The number of H-pyrrole nitrogens is 1. The lowest BCUT2D eigenvalue weighted by molar-refractivity contribution is 0.452. The summed E-state index contributed by atoms with van der Waals surface area (Å²) in [5.74, 6) is -0.204. The van der Waals surface area contributed by atoms with Crippen molar-refractivity contribution in [3.63, 3.8) is 0 Å². The van der Waals surface area contributed by atoms with Crippen LogP contribution in [0.2, 0.25) is 0 Å². The number of hydrogen-bond donors (Lipinski definition) is 3. The fourth-order valence-electron chi connectivity index (χ4n) is 0.941. The Kier molecular flexibility index (Phi) is 6.88. The van der Waals surface area contributed by atoms with Gasteiger partial charge in [0, 0.05) is 5.70 Å². The van der Waals surface area contributed by atoms with Crippen molar-refractivity contribution in [1.29, 1.82) is 0 Å². The number of rotatable bonds is 4. The Morgan fingerprint density at radius 2 is 2.06 bits per heavy atom. The third-order valence-corrected chi connectivity index (χ3v) is 1.58. The first-order chi connectivity index (χ1) is 8.47. The molecule has 0 aliphatic heterocycles. The van der Waals surface area contributed by atoms with Crippen molar-refractivity contribution < 1.29 is 5.11 Å². The predicted molar refractivity (Wildman–Crippen MR) is 74.6 cm³/mol. The summed E-state index contributed by atoms with van der Waals surface area (Å²) in [4.78, 5) is 17.1. The molecule has 98 valence electrons. The lowest BCUT2D eigenvalue weighted by Crippen LogP contribution is -2.10. The first-order valence-electron chi connectivity index (χ1n) is 5.57. The highest BCUT2D eigenvalue weighted by molar-refractivity contribution is 5.40. The van der Waals surface area contributed by atoms with Crippen LogP contribution in [0.5, 0.6) is 5.88 Å². The van der Waals surface area contributed by atoms with Crippen LogP contribution >= 0.6 is 0 Å². The number of aromatic amines is 1. The third-order valence-electron chi connectivity index (χ3n) is 1.58. The van der Waals surface area contributed by atoms with Gasteiger partial charge in [0.1, 0.15) is 0 Å². The van der Waals surface area contributed by atoms with E-state index in [9.17, 15) is 4.79 Å². The summed E-state index contributed by atoms with van der Waals surface area (Å²) in [6, 6.07) is 0.984. The molecule has 5 nitrogen and oxygen atoms in total. The molecule has 0 bridgehead atoms. The van der Waals surface area contributed by atoms with Gasteiger partial charge >= 0.3 is 0 Å². The van der Waals surface area contributed by atoms with Gasteiger partial charge in [-0.15, -0.1) is 0 Å². The smallest absolute Gasteiger partial charge is 0.256 e. The molecule has 0 aromatic carbocycles. The van der Waals surface area contributed by atoms with Gasteiger partial charge in [0.2, 0.25) is 11.8 Å². The van der Waals surface area contributed by atoms with Gasteiger partial charge in [0.25, 0.3) is 5.56 Å². The van der Waals surface area contributed by atoms with Gasteiger partial charge in [0.15, 0.2) is 0 Å². The Balaban J connectivity index is 0.00000137. The number of aromatic nitrogens is 2. The fraction of sp³-hybridized carbons (Fsp3) is 0.231. The van der Waals surface area contributed by atoms with Gasteiger partial charge < -0.3 is 10.4 Å². The maximum Gasteiger partial charge on any atom is 0.256 e. The predicted octanol–water partition coefficient (Wildman–Crippen LogP) is 2.56. The minimum Gasteiger partial charge on any atom is -0.493 e. The Morgan fingerprint density at radius 1 is 1.44 bits per heavy atom. The van der Waals surface area contributed by atoms with Gasteiger partial charge in [-0.3, -0.25) is 9.78 Å². The Labute approximate surface area is 107 Å². The molecule has 0 aliphatic carbocycles. The number of nitrogens with zero attached hydrogens (tertiary/aromatic N) is 1. The van der Waals surface area contributed by atoms with Crippen molar-refractivity contribution in [3.8, 4) is 5.88 Å². The SMILES string of the molecule is C=C(C)/C=C\C(=C)Nc1nc(O)cc(=O)[nH]1.CC. The van der Waals surface area contributed by atoms with Crippen LogP contribution in [0.4, 0.5) is 5.95 Å². The molecule has 0 saturated carbocycles. The second-order valence-corrected chi connectivity index (χ2v) is 3.28. The van der Waals surface area contributed by atoms with Gasteiger partial charge in [-0.05, 0) is 13.0 Å². The third kappa shape index (κ3) is 6.32. The van der Waals surface area contributed by atoms with Crippen LogP contribution in [0.25, 0.3) is 0 Å². The van der Waals surface area contributed by atoms with E-state index in [4.69, 9.17) is 5.11 Å². The number of allylic oxidation sites excluding steroid dienone is 3. The number of nitrogens with one attached hydrogen (secondary N) is 2. The van der Waals surface area contributed by atoms with Gasteiger partial charge in [-0.25, -0.2) is 0 Å². The first kappa shape index (κ1) is 15.7. The minimum absolute atomic E-state index is 0.140. The zero-order valence-electron chi connectivity index (χ0n) is 10.9. The summed E-state index contributed by atoms with van der Waals surface area (Å²) < 4.78 is 0. The van der Waals surface area contributed by atoms with Crippen LogP contribution in [0.3, 0.4) is 0 Å². The second kappa shape index (κ2) is 7.89. The topological polar surface area (TPSA) is 78.0 Å². The van der Waals surface area contributed by atoms with Crippen LogP contribution in [0.1, 0.15) is 20.8 Å². The molecule has 1 rings (SSSR count). The van der Waals surface area contributed by atoms with Gasteiger partial charge in [-0.1, -0.05) is 38.7 Å². The maximum atomic E-state index is 11.0. The molecular weight excluding hydrogens is 230 g/mol.